The number of nitrogens with one attached hydrogen (secondary N) is 1. The smallest absolute Gasteiger partial charge is 0.345 e. The van der Waals surface area contributed by atoms with Gasteiger partial charge in [-0.05, 0) is 79.0 Å². The molecule has 0 saturated heterocycles. The van der Waals surface area contributed by atoms with Gasteiger partial charge in [0, 0.05) is 11.6 Å². The molecule has 1 N–H and O–H groups in total. The first-order chi connectivity index (χ1) is 14.4. The number of fused-ring (bicyclic) bond motifs is 1. The number of amides is 1. The minimum absolute atomic E-state index is 0.0185. The van der Waals surface area contributed by atoms with Crippen molar-refractivity contribution < 1.29 is 18.0 Å². The van der Waals surface area contributed by atoms with E-state index in [2.05, 4.69) is 15.3 Å². The molecular formula is C23H20F3N3O. The first-order valence-corrected chi connectivity index (χ1v) is 10.1. The average molecular weight is 411 g/mol. The first-order valence-electron chi connectivity index (χ1n) is 10.1. The van der Waals surface area contributed by atoms with Gasteiger partial charge in [0.15, 0.2) is 0 Å². The summed E-state index contributed by atoms with van der Waals surface area (Å²) in [7, 11) is 0. The summed E-state index contributed by atoms with van der Waals surface area (Å²) in [6, 6.07) is 10.1. The molecule has 2 fully saturated rings. The Morgan fingerprint density at radius 2 is 1.83 bits per heavy atom. The molecule has 1 amide bonds. The normalized spacial score (nSPS) is 16.6. The van der Waals surface area contributed by atoms with E-state index in [1.54, 1.807) is 30.5 Å². The predicted octanol–water partition coefficient (Wildman–Crippen LogP) is 5.33. The topological polar surface area (TPSA) is 54.9 Å². The van der Waals surface area contributed by atoms with Crippen LogP contribution in [-0.4, -0.2) is 15.9 Å². The van der Waals surface area contributed by atoms with Crippen LogP contribution in [0.2, 0.25) is 0 Å². The lowest BCUT2D eigenvalue weighted by Crippen LogP contribution is -2.24. The number of benzene rings is 1. The van der Waals surface area contributed by atoms with Gasteiger partial charge in [-0.3, -0.25) is 9.78 Å². The van der Waals surface area contributed by atoms with Crippen molar-refractivity contribution in [3.63, 3.8) is 0 Å². The molecule has 4 nitrogen and oxygen atoms in total. The molecular weight excluding hydrogens is 391 g/mol. The number of aromatic nitrogens is 2. The predicted molar refractivity (Wildman–Crippen MR) is 106 cm³/mol. The van der Waals surface area contributed by atoms with Crippen LogP contribution in [-0.2, 0) is 12.7 Å². The van der Waals surface area contributed by atoms with Gasteiger partial charge in [0.1, 0.15) is 5.69 Å². The molecule has 154 valence electrons. The fourth-order valence-corrected chi connectivity index (χ4v) is 3.86. The van der Waals surface area contributed by atoms with Crippen molar-refractivity contribution in [1.82, 2.24) is 15.3 Å². The number of hydrogen-bond acceptors (Lipinski definition) is 3. The SMILES string of the molecule is O=C(NCc1ccccn1)c1cc(C2CC2)c2cc(C3CC3)cc(C(F)(F)F)c2n1. The van der Waals surface area contributed by atoms with E-state index in [4.69, 9.17) is 0 Å². The average Bonchev–Trinajstić information content (AvgIpc) is 3.63. The van der Waals surface area contributed by atoms with Gasteiger partial charge in [0.05, 0.1) is 23.3 Å². The zero-order chi connectivity index (χ0) is 20.9. The summed E-state index contributed by atoms with van der Waals surface area (Å²) in [5, 5.41) is 3.26. The van der Waals surface area contributed by atoms with Crippen molar-refractivity contribution in [1.29, 1.82) is 0 Å². The molecule has 0 spiro atoms. The molecule has 2 heterocycles. The van der Waals surface area contributed by atoms with Crippen LogP contribution in [0.15, 0.2) is 42.6 Å². The van der Waals surface area contributed by atoms with E-state index in [1.807, 2.05) is 6.07 Å². The van der Waals surface area contributed by atoms with E-state index >= 15 is 0 Å². The fourth-order valence-electron chi connectivity index (χ4n) is 3.86. The van der Waals surface area contributed by atoms with Gasteiger partial charge in [0.25, 0.3) is 5.91 Å². The van der Waals surface area contributed by atoms with E-state index in [-0.39, 0.29) is 29.6 Å². The summed E-state index contributed by atoms with van der Waals surface area (Å²) in [4.78, 5) is 21.1. The molecule has 2 saturated carbocycles. The highest BCUT2D eigenvalue weighted by Crippen LogP contribution is 2.48. The summed E-state index contributed by atoms with van der Waals surface area (Å²) >= 11 is 0. The molecule has 2 aromatic heterocycles. The summed E-state index contributed by atoms with van der Waals surface area (Å²) < 4.78 is 41.7. The van der Waals surface area contributed by atoms with Crippen LogP contribution in [0.3, 0.4) is 0 Å². The molecule has 0 atom stereocenters. The molecule has 30 heavy (non-hydrogen) atoms. The lowest BCUT2D eigenvalue weighted by atomic mass is 9.96. The van der Waals surface area contributed by atoms with Crippen molar-refractivity contribution >= 4 is 16.8 Å². The Morgan fingerprint density at radius 1 is 1.07 bits per heavy atom. The highest BCUT2D eigenvalue weighted by molar-refractivity contribution is 5.97. The Balaban J connectivity index is 1.58. The quantitative estimate of drug-likeness (QED) is 0.617. The standard InChI is InChI=1S/C23H20F3N3O/c24-23(25,26)19-10-15(13-4-5-13)9-18-17(14-6-7-14)11-20(29-21(18)19)22(30)28-12-16-3-1-2-8-27-16/h1-3,8-11,13-14H,4-7,12H2,(H,28,30). The van der Waals surface area contributed by atoms with Gasteiger partial charge >= 0.3 is 6.18 Å². The largest absolute Gasteiger partial charge is 0.418 e. The maximum Gasteiger partial charge on any atom is 0.418 e. The van der Waals surface area contributed by atoms with Gasteiger partial charge in [0.2, 0.25) is 0 Å². The minimum atomic E-state index is -4.53. The molecule has 0 radical (unpaired) electrons. The number of rotatable bonds is 5. The van der Waals surface area contributed by atoms with Crippen molar-refractivity contribution in [3.05, 3.63) is 70.7 Å². The Bertz CT molecular complexity index is 1120. The van der Waals surface area contributed by atoms with E-state index in [9.17, 15) is 18.0 Å². The highest BCUT2D eigenvalue weighted by Gasteiger charge is 2.37. The summed E-state index contributed by atoms with van der Waals surface area (Å²) in [5.74, 6) is -0.110. The van der Waals surface area contributed by atoms with Gasteiger partial charge in [-0.1, -0.05) is 6.07 Å². The summed E-state index contributed by atoms with van der Waals surface area (Å²) in [5.41, 5.74) is 1.34. The first kappa shape index (κ1) is 19.0. The molecule has 0 aliphatic heterocycles. The van der Waals surface area contributed by atoms with Gasteiger partial charge in [-0.2, -0.15) is 13.2 Å². The molecule has 2 aliphatic rings. The molecule has 7 heteroatoms. The number of pyridine rings is 2. The van der Waals surface area contributed by atoms with E-state index in [1.165, 1.54) is 6.07 Å². The van der Waals surface area contributed by atoms with Crippen molar-refractivity contribution in [2.45, 2.75) is 50.2 Å². The Kier molecular flexibility index (Phi) is 4.49. The molecule has 2 aliphatic carbocycles. The number of halogens is 3. The summed E-state index contributed by atoms with van der Waals surface area (Å²) in [6.45, 7) is 0.185. The number of hydrogen-bond donors (Lipinski definition) is 1. The van der Waals surface area contributed by atoms with Gasteiger partial charge in [-0.15, -0.1) is 0 Å². The zero-order valence-corrected chi connectivity index (χ0v) is 16.2. The van der Waals surface area contributed by atoms with Crippen LogP contribution in [0.5, 0.6) is 0 Å². The Labute approximate surface area is 171 Å². The summed E-state index contributed by atoms with van der Waals surface area (Å²) in [6.07, 6.45) is 0.770. The Hall–Kier alpha value is -2.96. The van der Waals surface area contributed by atoms with E-state index in [0.29, 0.717) is 11.1 Å². The van der Waals surface area contributed by atoms with Crippen LogP contribution in [0.4, 0.5) is 13.2 Å². The number of carbonyl (C=O) groups is 1. The second-order valence-corrected chi connectivity index (χ2v) is 8.11. The molecule has 0 unspecified atom stereocenters. The van der Waals surface area contributed by atoms with Gasteiger partial charge < -0.3 is 5.32 Å². The maximum atomic E-state index is 13.9. The minimum Gasteiger partial charge on any atom is -0.345 e. The fraction of sp³-hybridized carbons (Fsp3) is 0.348. The number of carbonyl (C=O) groups excluding carboxylic acids is 1. The van der Waals surface area contributed by atoms with Crippen molar-refractivity contribution in [3.8, 4) is 0 Å². The van der Waals surface area contributed by atoms with Crippen molar-refractivity contribution in [2.75, 3.05) is 0 Å². The second kappa shape index (κ2) is 7.07. The third-order valence-corrected chi connectivity index (χ3v) is 5.73. The highest BCUT2D eigenvalue weighted by atomic mass is 19.4. The molecule has 3 aromatic rings. The molecule has 5 rings (SSSR count). The molecule has 1 aromatic carbocycles. The van der Waals surface area contributed by atoms with Crippen LogP contribution in [0.25, 0.3) is 10.9 Å². The third-order valence-electron chi connectivity index (χ3n) is 5.73. The van der Waals surface area contributed by atoms with Crippen LogP contribution in [0, 0.1) is 0 Å². The van der Waals surface area contributed by atoms with Crippen molar-refractivity contribution in [2.24, 2.45) is 0 Å². The second-order valence-electron chi connectivity index (χ2n) is 8.11. The third kappa shape index (κ3) is 3.76. The van der Waals surface area contributed by atoms with Crippen LogP contribution >= 0.6 is 0 Å². The van der Waals surface area contributed by atoms with Crippen LogP contribution < -0.4 is 5.32 Å². The maximum absolute atomic E-state index is 13.9. The molecule has 0 bridgehead atoms. The monoisotopic (exact) mass is 411 g/mol. The zero-order valence-electron chi connectivity index (χ0n) is 16.2. The van der Waals surface area contributed by atoms with E-state index < -0.39 is 17.6 Å². The lowest BCUT2D eigenvalue weighted by Gasteiger charge is -2.16. The number of alkyl halides is 3. The van der Waals surface area contributed by atoms with Crippen LogP contribution in [0.1, 0.15) is 70.4 Å². The van der Waals surface area contributed by atoms with Gasteiger partial charge in [-0.25, -0.2) is 4.98 Å². The van der Waals surface area contributed by atoms with E-state index in [0.717, 1.165) is 36.8 Å². The lowest BCUT2D eigenvalue weighted by molar-refractivity contribution is -0.136. The Morgan fingerprint density at radius 3 is 2.47 bits per heavy atom. The number of nitrogens with zero attached hydrogens (tertiary/aromatic N) is 2.